The zero-order valence-electron chi connectivity index (χ0n) is 7.06. The molecule has 0 amide bonds. The van der Waals surface area contributed by atoms with Crippen LogP contribution in [0.3, 0.4) is 0 Å². The van der Waals surface area contributed by atoms with Crippen LogP contribution in [0, 0.1) is 0 Å². The SMILES string of the molecule is C=CC(=O)OC(=O)C=C.C=CC=O. The molecule has 0 aliphatic rings. The first-order valence-corrected chi connectivity index (χ1v) is 3.19. The fourth-order valence-electron chi connectivity index (χ4n) is 0.182. The van der Waals surface area contributed by atoms with Gasteiger partial charge in [0, 0.05) is 12.2 Å². The van der Waals surface area contributed by atoms with Crippen LogP contribution in [0.1, 0.15) is 0 Å². The first-order valence-electron chi connectivity index (χ1n) is 3.19. The van der Waals surface area contributed by atoms with Gasteiger partial charge in [0.15, 0.2) is 0 Å². The maximum absolute atomic E-state index is 10.2. The number of carbonyl (C=O) groups excluding carboxylic acids is 3. The second-order valence-electron chi connectivity index (χ2n) is 1.52. The van der Waals surface area contributed by atoms with Gasteiger partial charge in [-0.3, -0.25) is 4.79 Å². The number of rotatable bonds is 3. The van der Waals surface area contributed by atoms with Crippen molar-refractivity contribution in [1.82, 2.24) is 0 Å². The molecule has 0 N–H and O–H groups in total. The normalized spacial score (nSPS) is 6.77. The highest BCUT2D eigenvalue weighted by Crippen LogP contribution is 1.80. The summed E-state index contributed by atoms with van der Waals surface area (Å²) < 4.78 is 4.03. The van der Waals surface area contributed by atoms with Gasteiger partial charge in [0.05, 0.1) is 0 Å². The topological polar surface area (TPSA) is 60.4 Å². The van der Waals surface area contributed by atoms with Crippen molar-refractivity contribution in [3.8, 4) is 0 Å². The summed E-state index contributed by atoms with van der Waals surface area (Å²) in [5.74, 6) is -1.53. The Morgan fingerprint density at radius 2 is 1.31 bits per heavy atom. The minimum atomic E-state index is -0.764. The summed E-state index contributed by atoms with van der Waals surface area (Å²) in [5, 5.41) is 0. The van der Waals surface area contributed by atoms with E-state index in [-0.39, 0.29) is 0 Å². The molecule has 0 saturated carbocycles. The number of allylic oxidation sites excluding steroid dienone is 1. The lowest BCUT2D eigenvalue weighted by molar-refractivity contribution is -0.152. The van der Waals surface area contributed by atoms with Gasteiger partial charge in [-0.15, -0.1) is 0 Å². The third-order valence-corrected chi connectivity index (χ3v) is 0.631. The van der Waals surface area contributed by atoms with Crippen molar-refractivity contribution >= 4 is 18.2 Å². The van der Waals surface area contributed by atoms with Crippen molar-refractivity contribution in [3.05, 3.63) is 38.0 Å². The monoisotopic (exact) mass is 182 g/mol. The number of hydrogen-bond donors (Lipinski definition) is 0. The van der Waals surface area contributed by atoms with Crippen LogP contribution < -0.4 is 0 Å². The van der Waals surface area contributed by atoms with Gasteiger partial charge in [-0.05, 0) is 6.08 Å². The van der Waals surface area contributed by atoms with E-state index in [1.807, 2.05) is 0 Å². The van der Waals surface area contributed by atoms with E-state index in [1.165, 1.54) is 6.08 Å². The zero-order valence-corrected chi connectivity index (χ0v) is 7.06. The maximum atomic E-state index is 10.2. The average molecular weight is 182 g/mol. The third-order valence-electron chi connectivity index (χ3n) is 0.631. The van der Waals surface area contributed by atoms with Crippen molar-refractivity contribution in [2.75, 3.05) is 0 Å². The number of aldehydes is 1. The molecule has 13 heavy (non-hydrogen) atoms. The standard InChI is InChI=1S/C6H6O3.C3H4O/c1-3-5(7)9-6(8)4-2;1-2-3-4/h3-4H,1-2H2;2-3H,1H2. The lowest BCUT2D eigenvalue weighted by Crippen LogP contribution is -2.05. The molecule has 0 unspecified atom stereocenters. The lowest BCUT2D eigenvalue weighted by atomic mass is 10.6. The van der Waals surface area contributed by atoms with Crippen molar-refractivity contribution in [1.29, 1.82) is 0 Å². The summed E-state index contributed by atoms with van der Waals surface area (Å²) in [6.45, 7) is 9.28. The second kappa shape index (κ2) is 10.0. The van der Waals surface area contributed by atoms with Crippen LogP contribution in [-0.4, -0.2) is 18.2 Å². The molecule has 0 aliphatic heterocycles. The highest BCUT2D eigenvalue weighted by molar-refractivity contribution is 5.95. The molecule has 0 aromatic carbocycles. The highest BCUT2D eigenvalue weighted by Gasteiger charge is 1.99. The Morgan fingerprint density at radius 1 is 1.00 bits per heavy atom. The number of ether oxygens (including phenoxy) is 1. The van der Waals surface area contributed by atoms with E-state index in [2.05, 4.69) is 24.5 Å². The molecule has 0 radical (unpaired) electrons. The fraction of sp³-hybridized carbons (Fsp3) is 0. The van der Waals surface area contributed by atoms with Gasteiger partial charge < -0.3 is 4.74 Å². The zero-order chi connectivity index (χ0) is 10.7. The summed E-state index contributed by atoms with van der Waals surface area (Å²) in [7, 11) is 0. The van der Waals surface area contributed by atoms with Gasteiger partial charge in [0.1, 0.15) is 6.29 Å². The van der Waals surface area contributed by atoms with Gasteiger partial charge >= 0.3 is 11.9 Å². The summed E-state index contributed by atoms with van der Waals surface area (Å²) in [6.07, 6.45) is 3.64. The van der Waals surface area contributed by atoms with Gasteiger partial charge in [-0.25, -0.2) is 9.59 Å². The van der Waals surface area contributed by atoms with E-state index in [9.17, 15) is 9.59 Å². The number of hydrogen-bond acceptors (Lipinski definition) is 4. The summed E-state index contributed by atoms with van der Waals surface area (Å²) >= 11 is 0. The first kappa shape index (κ1) is 13.6. The Kier molecular flexibility index (Phi) is 10.5. The van der Waals surface area contributed by atoms with Crippen LogP contribution in [0.4, 0.5) is 0 Å². The molecule has 70 valence electrons. The van der Waals surface area contributed by atoms with Crippen LogP contribution in [0.2, 0.25) is 0 Å². The smallest absolute Gasteiger partial charge is 0.338 e. The van der Waals surface area contributed by atoms with Crippen LogP contribution in [0.25, 0.3) is 0 Å². The largest absolute Gasteiger partial charge is 0.387 e. The molecule has 0 atom stereocenters. The van der Waals surface area contributed by atoms with Crippen LogP contribution in [0.15, 0.2) is 38.0 Å². The quantitative estimate of drug-likeness (QED) is 0.280. The minimum absolute atomic E-state index is 0.639. The Labute approximate surface area is 76.2 Å². The van der Waals surface area contributed by atoms with Crippen molar-refractivity contribution < 1.29 is 19.1 Å². The molecule has 0 rings (SSSR count). The van der Waals surface area contributed by atoms with E-state index in [4.69, 9.17) is 4.79 Å². The number of esters is 2. The molecule has 0 heterocycles. The molecule has 4 heteroatoms. The average Bonchev–Trinajstić information content (AvgIpc) is 2.17. The molecule has 0 spiro atoms. The molecular weight excluding hydrogens is 172 g/mol. The summed E-state index contributed by atoms with van der Waals surface area (Å²) in [4.78, 5) is 29.4. The van der Waals surface area contributed by atoms with Crippen molar-refractivity contribution in [2.45, 2.75) is 0 Å². The Bertz CT molecular complexity index is 204. The van der Waals surface area contributed by atoms with E-state index in [1.54, 1.807) is 0 Å². The summed E-state index contributed by atoms with van der Waals surface area (Å²) in [5.41, 5.74) is 0. The molecule has 0 bridgehead atoms. The maximum Gasteiger partial charge on any atom is 0.338 e. The van der Waals surface area contributed by atoms with E-state index in [0.717, 1.165) is 12.2 Å². The van der Waals surface area contributed by atoms with Gasteiger partial charge in [0.2, 0.25) is 0 Å². The van der Waals surface area contributed by atoms with Gasteiger partial charge in [-0.1, -0.05) is 19.7 Å². The highest BCUT2D eigenvalue weighted by atomic mass is 16.6. The minimum Gasteiger partial charge on any atom is -0.387 e. The number of carbonyl (C=O) groups is 3. The molecule has 0 aliphatic carbocycles. The Balaban J connectivity index is 0. The van der Waals surface area contributed by atoms with Crippen molar-refractivity contribution in [2.24, 2.45) is 0 Å². The van der Waals surface area contributed by atoms with E-state index < -0.39 is 11.9 Å². The molecule has 0 saturated heterocycles. The van der Waals surface area contributed by atoms with Crippen LogP contribution >= 0.6 is 0 Å². The molecule has 0 aromatic rings. The third kappa shape index (κ3) is 13.1. The van der Waals surface area contributed by atoms with Crippen LogP contribution in [-0.2, 0) is 19.1 Å². The molecule has 0 fully saturated rings. The second-order valence-corrected chi connectivity index (χ2v) is 1.52. The summed E-state index contributed by atoms with van der Waals surface area (Å²) in [6, 6.07) is 0. The molecular formula is C9H10O4. The Hall–Kier alpha value is -1.97. The van der Waals surface area contributed by atoms with Crippen LogP contribution in [0.5, 0.6) is 0 Å². The predicted molar refractivity (Wildman–Crippen MR) is 47.8 cm³/mol. The van der Waals surface area contributed by atoms with E-state index >= 15 is 0 Å². The Morgan fingerprint density at radius 3 is 1.46 bits per heavy atom. The van der Waals surface area contributed by atoms with Gasteiger partial charge in [-0.2, -0.15) is 0 Å². The van der Waals surface area contributed by atoms with E-state index in [0.29, 0.717) is 6.29 Å². The molecule has 4 nitrogen and oxygen atoms in total. The lowest BCUT2D eigenvalue weighted by Gasteiger charge is -1.90. The fourth-order valence-corrected chi connectivity index (χ4v) is 0.182. The predicted octanol–water partition coefficient (Wildman–Crippen LogP) is 0.799. The molecule has 0 aromatic heterocycles. The first-order chi connectivity index (χ1) is 6.12. The van der Waals surface area contributed by atoms with Crippen molar-refractivity contribution in [3.63, 3.8) is 0 Å². The van der Waals surface area contributed by atoms with Gasteiger partial charge in [0.25, 0.3) is 0 Å².